The van der Waals surface area contributed by atoms with Crippen LogP contribution in [0.3, 0.4) is 0 Å². The lowest BCUT2D eigenvalue weighted by Crippen LogP contribution is -2.50. The highest BCUT2D eigenvalue weighted by atomic mass is 16.5. The van der Waals surface area contributed by atoms with Crippen LogP contribution in [0.15, 0.2) is 150 Å². The zero-order chi connectivity index (χ0) is 29.9. The molecule has 1 aromatic heterocycles. The van der Waals surface area contributed by atoms with Crippen molar-refractivity contribution >= 4 is 23.1 Å². The predicted octanol–water partition coefficient (Wildman–Crippen LogP) is 8.94. The van der Waals surface area contributed by atoms with Crippen molar-refractivity contribution in [2.75, 3.05) is 0 Å². The summed E-state index contributed by atoms with van der Waals surface area (Å²) < 4.78 is 12.6. The lowest BCUT2D eigenvalue weighted by Gasteiger charge is -2.34. The zero-order valence-electron chi connectivity index (χ0n) is 24.1. The Bertz CT molecular complexity index is 1730. The van der Waals surface area contributed by atoms with Crippen molar-refractivity contribution < 1.29 is 18.7 Å². The minimum atomic E-state index is -0.648. The van der Waals surface area contributed by atoms with Crippen molar-refractivity contribution in [3.8, 4) is 22.6 Å². The van der Waals surface area contributed by atoms with Gasteiger partial charge in [-0.15, -0.1) is 0 Å². The lowest BCUT2D eigenvalue weighted by molar-refractivity contribution is -0.151. The van der Waals surface area contributed by atoms with Gasteiger partial charge in [-0.1, -0.05) is 97.1 Å². The van der Waals surface area contributed by atoms with E-state index >= 15 is 0 Å². The molecule has 4 nitrogen and oxygen atoms in total. The molecule has 0 amide bonds. The Morgan fingerprint density at radius 2 is 0.932 bits per heavy atom. The number of ketones is 2. The fourth-order valence-electron chi connectivity index (χ4n) is 6.05. The molecule has 0 atom stereocenters. The molecular weight excluding hydrogens is 544 g/mol. The molecule has 1 aliphatic heterocycles. The van der Waals surface area contributed by atoms with Gasteiger partial charge in [-0.05, 0) is 54.8 Å². The molecule has 0 saturated heterocycles. The van der Waals surface area contributed by atoms with E-state index in [1.165, 1.54) is 0 Å². The predicted molar refractivity (Wildman–Crippen MR) is 173 cm³/mol. The van der Waals surface area contributed by atoms with Crippen molar-refractivity contribution in [1.82, 2.24) is 0 Å². The third-order valence-electron chi connectivity index (χ3n) is 8.36. The van der Waals surface area contributed by atoms with Gasteiger partial charge in [0.15, 0.2) is 11.6 Å². The number of benzene rings is 4. The van der Waals surface area contributed by atoms with E-state index in [4.69, 9.17) is 9.15 Å². The molecule has 0 spiro atoms. The first-order valence-corrected chi connectivity index (χ1v) is 15.0. The summed E-state index contributed by atoms with van der Waals surface area (Å²) >= 11 is 0. The summed E-state index contributed by atoms with van der Waals surface area (Å²) in [7, 11) is 0. The first-order chi connectivity index (χ1) is 21.6. The fourth-order valence-corrected chi connectivity index (χ4v) is 6.05. The van der Waals surface area contributed by atoms with Gasteiger partial charge in [0.2, 0.25) is 0 Å². The molecule has 0 N–H and O–H groups in total. The molecule has 214 valence electrons. The summed E-state index contributed by atoms with van der Waals surface area (Å²) in [6.07, 6.45) is 4.85. The number of hydrogen-bond donors (Lipinski definition) is 0. The SMILES string of the molecule is O=C1C(Cc2cc(-c3ccccc3)[o+]c(-c3ccccc3)c2)C(=O)C1CC1C=C(c2ccccc2)OC(c2ccccc2)=C1. The lowest BCUT2D eigenvalue weighted by atomic mass is 9.66. The van der Waals surface area contributed by atoms with Crippen LogP contribution in [0.5, 0.6) is 0 Å². The van der Waals surface area contributed by atoms with Crippen LogP contribution in [0.4, 0.5) is 0 Å². The van der Waals surface area contributed by atoms with Crippen molar-refractivity contribution in [3.05, 3.63) is 162 Å². The van der Waals surface area contributed by atoms with Crippen molar-refractivity contribution in [3.63, 3.8) is 0 Å². The molecule has 2 aliphatic rings. The van der Waals surface area contributed by atoms with Gasteiger partial charge in [0.1, 0.15) is 11.5 Å². The molecule has 4 heteroatoms. The smallest absolute Gasteiger partial charge is 0.361 e. The number of rotatable bonds is 8. The average molecular weight is 576 g/mol. The molecule has 0 unspecified atom stereocenters. The van der Waals surface area contributed by atoms with E-state index in [-0.39, 0.29) is 17.5 Å². The maximum atomic E-state index is 13.5. The Kier molecular flexibility index (Phi) is 7.56. The standard InChI is InChI=1S/C40H31O4/c41-39-33(21-27-23-35(29-13-5-1-6-14-29)43-36(24-27)30-15-7-2-8-16-30)40(42)34(39)22-28-25-37(31-17-9-3-10-18-31)44-38(26-28)32-19-11-4-12-20-32/h1-20,23-27,33-34H,21-22H2/q+1. The summed E-state index contributed by atoms with van der Waals surface area (Å²) in [5, 5.41) is 0. The molecular formula is C40H31O4+. The molecule has 0 radical (unpaired) electrons. The highest BCUT2D eigenvalue weighted by molar-refractivity contribution is 6.23. The monoisotopic (exact) mass is 575 g/mol. The quantitative estimate of drug-likeness (QED) is 0.137. The Hall–Kier alpha value is -5.35. The van der Waals surface area contributed by atoms with Crippen LogP contribution in [0.2, 0.25) is 0 Å². The Morgan fingerprint density at radius 3 is 1.36 bits per heavy atom. The topological polar surface area (TPSA) is 54.7 Å². The van der Waals surface area contributed by atoms with Gasteiger partial charge < -0.3 is 4.74 Å². The van der Waals surface area contributed by atoms with E-state index in [9.17, 15) is 9.59 Å². The van der Waals surface area contributed by atoms with Crippen LogP contribution in [-0.4, -0.2) is 11.6 Å². The van der Waals surface area contributed by atoms with Gasteiger partial charge in [0, 0.05) is 29.2 Å². The Labute approximate surface area is 257 Å². The number of hydrogen-bond acceptors (Lipinski definition) is 3. The van der Waals surface area contributed by atoms with Crippen LogP contribution >= 0.6 is 0 Å². The van der Waals surface area contributed by atoms with Gasteiger partial charge >= 0.3 is 11.5 Å². The third kappa shape index (κ3) is 5.67. The van der Waals surface area contributed by atoms with E-state index in [0.29, 0.717) is 24.4 Å². The highest BCUT2D eigenvalue weighted by Crippen LogP contribution is 2.40. The maximum absolute atomic E-state index is 13.5. The molecule has 1 aliphatic carbocycles. The molecule has 5 aromatic rings. The average Bonchev–Trinajstić information content (AvgIpc) is 3.10. The van der Waals surface area contributed by atoms with Crippen molar-refractivity contribution in [1.29, 1.82) is 0 Å². The number of carbonyl (C=O) groups excluding carboxylic acids is 2. The second kappa shape index (κ2) is 12.1. The van der Waals surface area contributed by atoms with E-state index < -0.39 is 11.8 Å². The summed E-state index contributed by atoms with van der Waals surface area (Å²) in [5.41, 5.74) is 4.71. The summed E-state index contributed by atoms with van der Waals surface area (Å²) in [6, 6.07) is 43.5. The first kappa shape index (κ1) is 27.5. The van der Waals surface area contributed by atoms with Gasteiger partial charge in [-0.25, -0.2) is 4.42 Å². The Balaban J connectivity index is 1.13. The molecule has 0 bridgehead atoms. The fraction of sp³-hybridized carbons (Fsp3) is 0.125. The van der Waals surface area contributed by atoms with E-state index in [1.807, 2.05) is 146 Å². The van der Waals surface area contributed by atoms with Gasteiger partial charge in [-0.2, -0.15) is 0 Å². The van der Waals surface area contributed by atoms with Crippen LogP contribution < -0.4 is 0 Å². The molecule has 1 saturated carbocycles. The van der Waals surface area contributed by atoms with Gasteiger partial charge in [0.05, 0.1) is 23.0 Å². The van der Waals surface area contributed by atoms with Crippen molar-refractivity contribution in [2.24, 2.45) is 17.8 Å². The first-order valence-electron chi connectivity index (χ1n) is 15.0. The molecule has 2 heterocycles. The summed E-state index contributed by atoms with van der Waals surface area (Å²) in [5.74, 6) is 1.52. The number of carbonyl (C=O) groups is 2. The van der Waals surface area contributed by atoms with E-state index in [2.05, 4.69) is 0 Å². The van der Waals surface area contributed by atoms with E-state index in [1.54, 1.807) is 0 Å². The summed E-state index contributed by atoms with van der Waals surface area (Å²) in [6.45, 7) is 0. The molecule has 4 aromatic carbocycles. The minimum absolute atomic E-state index is 0.00845. The van der Waals surface area contributed by atoms with Crippen molar-refractivity contribution in [2.45, 2.75) is 12.8 Å². The molecule has 44 heavy (non-hydrogen) atoms. The maximum Gasteiger partial charge on any atom is 0.361 e. The normalized spacial score (nSPS) is 18.2. The second-order valence-corrected chi connectivity index (χ2v) is 11.3. The minimum Gasteiger partial charge on any atom is -0.457 e. The van der Waals surface area contributed by atoms with Crippen LogP contribution in [-0.2, 0) is 20.7 Å². The number of Topliss-reactive ketones (excluding diaryl/α,β-unsaturated/α-hetero) is 2. The van der Waals surface area contributed by atoms with Crippen LogP contribution in [0.25, 0.3) is 34.2 Å². The largest absolute Gasteiger partial charge is 0.457 e. The third-order valence-corrected chi connectivity index (χ3v) is 8.36. The van der Waals surface area contributed by atoms with Crippen LogP contribution in [0.1, 0.15) is 23.1 Å². The summed E-state index contributed by atoms with van der Waals surface area (Å²) in [4.78, 5) is 27.1. The Morgan fingerprint density at radius 1 is 0.523 bits per heavy atom. The van der Waals surface area contributed by atoms with Gasteiger partial charge in [-0.3, -0.25) is 9.59 Å². The number of ether oxygens (including phenoxy) is 1. The van der Waals surface area contributed by atoms with Gasteiger partial charge in [0.25, 0.3) is 0 Å². The zero-order valence-corrected chi connectivity index (χ0v) is 24.1. The molecule has 7 rings (SSSR count). The van der Waals surface area contributed by atoms with Crippen LogP contribution in [0, 0.1) is 17.8 Å². The highest BCUT2D eigenvalue weighted by Gasteiger charge is 2.49. The number of allylic oxidation sites excluding steroid dienone is 2. The van der Waals surface area contributed by atoms with E-state index in [0.717, 1.165) is 39.3 Å². The molecule has 1 fully saturated rings. The second-order valence-electron chi connectivity index (χ2n) is 11.3.